The number of hydrogen-bond acceptors (Lipinski definition) is 4. The van der Waals surface area contributed by atoms with Crippen LogP contribution in [-0.2, 0) is 9.59 Å². The van der Waals surface area contributed by atoms with Crippen molar-refractivity contribution in [2.45, 2.75) is 19.4 Å². The predicted molar refractivity (Wildman–Crippen MR) is 81.2 cm³/mol. The molecule has 0 bridgehead atoms. The van der Waals surface area contributed by atoms with Gasteiger partial charge in [-0.1, -0.05) is 12.1 Å². The van der Waals surface area contributed by atoms with Crippen LogP contribution in [0, 0.1) is 5.92 Å². The van der Waals surface area contributed by atoms with Crippen molar-refractivity contribution in [2.75, 3.05) is 18.1 Å². The molecule has 0 saturated carbocycles. The molecule has 3 rings (SSSR count). The number of aliphatic hydroxyl groups excluding tert-OH is 1. The van der Waals surface area contributed by atoms with Crippen LogP contribution in [0.15, 0.2) is 24.3 Å². The van der Waals surface area contributed by atoms with Gasteiger partial charge in [0.25, 0.3) is 0 Å². The van der Waals surface area contributed by atoms with Gasteiger partial charge in [-0.05, 0) is 19.1 Å². The molecule has 1 aliphatic rings. The Morgan fingerprint density at radius 1 is 1.55 bits per heavy atom. The summed E-state index contributed by atoms with van der Waals surface area (Å²) in [6.07, 6.45) is 0.158. The summed E-state index contributed by atoms with van der Waals surface area (Å²) in [6, 6.07) is 7.24. The van der Waals surface area contributed by atoms with Gasteiger partial charge in [-0.25, -0.2) is 0 Å². The van der Waals surface area contributed by atoms with Gasteiger partial charge in [0.1, 0.15) is 0 Å². The van der Waals surface area contributed by atoms with Crippen molar-refractivity contribution in [2.24, 2.45) is 5.92 Å². The van der Waals surface area contributed by atoms with Crippen molar-refractivity contribution >= 4 is 28.5 Å². The summed E-state index contributed by atoms with van der Waals surface area (Å²) in [5.41, 5.74) is 0.854. The number of para-hydroxylation sites is 1. The standard InChI is InChI=1S/C15H18N4O3/c1-9(8-20)16-15(22)10-6-13(21)19(7-10)14-11-4-2-3-5-12(11)17-18-14/h2-5,9-10,20H,6-8H2,1H3,(H,16,22)(H,17,18)/t9-,10+/m0/s1. The molecular formula is C15H18N4O3. The first kappa shape index (κ1) is 14.5. The van der Waals surface area contributed by atoms with Crippen LogP contribution < -0.4 is 10.2 Å². The molecule has 1 aliphatic heterocycles. The maximum atomic E-state index is 12.2. The summed E-state index contributed by atoms with van der Waals surface area (Å²) < 4.78 is 0. The number of carbonyl (C=O) groups is 2. The van der Waals surface area contributed by atoms with Crippen molar-refractivity contribution in [3.05, 3.63) is 24.3 Å². The van der Waals surface area contributed by atoms with E-state index in [9.17, 15) is 9.59 Å². The molecule has 2 heterocycles. The SMILES string of the molecule is C[C@@H](CO)NC(=O)[C@@H]1CC(=O)N(c2n[nH]c3ccccc23)C1. The van der Waals surface area contributed by atoms with Crippen LogP contribution in [-0.4, -0.2) is 46.3 Å². The van der Waals surface area contributed by atoms with Crippen LogP contribution >= 0.6 is 0 Å². The summed E-state index contributed by atoms with van der Waals surface area (Å²) in [7, 11) is 0. The lowest BCUT2D eigenvalue weighted by atomic mass is 10.1. The van der Waals surface area contributed by atoms with Crippen LogP contribution in [0.1, 0.15) is 13.3 Å². The van der Waals surface area contributed by atoms with Gasteiger partial charge in [-0.2, -0.15) is 5.10 Å². The Balaban J connectivity index is 1.79. The van der Waals surface area contributed by atoms with Crippen molar-refractivity contribution in [3.8, 4) is 0 Å². The molecule has 2 amide bonds. The molecule has 7 nitrogen and oxygen atoms in total. The van der Waals surface area contributed by atoms with Crippen LogP contribution in [0.25, 0.3) is 10.9 Å². The summed E-state index contributed by atoms with van der Waals surface area (Å²) in [5, 5.41) is 19.7. The van der Waals surface area contributed by atoms with E-state index in [2.05, 4.69) is 15.5 Å². The molecule has 3 N–H and O–H groups in total. The average Bonchev–Trinajstić information content (AvgIpc) is 3.10. The Labute approximate surface area is 127 Å². The zero-order valence-electron chi connectivity index (χ0n) is 12.2. The zero-order chi connectivity index (χ0) is 15.7. The van der Waals surface area contributed by atoms with E-state index in [-0.39, 0.29) is 30.9 Å². The highest BCUT2D eigenvalue weighted by Gasteiger charge is 2.37. The van der Waals surface area contributed by atoms with Crippen LogP contribution in [0.3, 0.4) is 0 Å². The number of nitrogens with one attached hydrogen (secondary N) is 2. The van der Waals surface area contributed by atoms with Crippen LogP contribution in [0.5, 0.6) is 0 Å². The van der Waals surface area contributed by atoms with Crippen LogP contribution in [0.4, 0.5) is 5.82 Å². The maximum Gasteiger partial charge on any atom is 0.229 e. The Kier molecular flexibility index (Phi) is 3.81. The number of aromatic nitrogens is 2. The van der Waals surface area contributed by atoms with Gasteiger partial charge < -0.3 is 10.4 Å². The first-order valence-electron chi connectivity index (χ1n) is 7.25. The fourth-order valence-corrected chi connectivity index (χ4v) is 2.65. The first-order valence-corrected chi connectivity index (χ1v) is 7.25. The van der Waals surface area contributed by atoms with E-state index < -0.39 is 5.92 Å². The molecule has 1 fully saturated rings. The van der Waals surface area contributed by atoms with Gasteiger partial charge in [0.05, 0.1) is 18.0 Å². The van der Waals surface area contributed by atoms with Crippen molar-refractivity contribution in [1.82, 2.24) is 15.5 Å². The fraction of sp³-hybridized carbons (Fsp3) is 0.400. The van der Waals surface area contributed by atoms with Crippen molar-refractivity contribution in [3.63, 3.8) is 0 Å². The normalized spacial score (nSPS) is 19.6. The summed E-state index contributed by atoms with van der Waals surface area (Å²) >= 11 is 0. The number of amides is 2. The van der Waals surface area contributed by atoms with Gasteiger partial charge in [0.2, 0.25) is 11.8 Å². The second-order valence-electron chi connectivity index (χ2n) is 5.59. The fourth-order valence-electron chi connectivity index (χ4n) is 2.65. The highest BCUT2D eigenvalue weighted by molar-refractivity contribution is 6.05. The van der Waals surface area contributed by atoms with Crippen molar-refractivity contribution in [1.29, 1.82) is 0 Å². The van der Waals surface area contributed by atoms with Crippen LogP contribution in [0.2, 0.25) is 0 Å². The molecule has 116 valence electrons. The molecule has 0 spiro atoms. The first-order chi connectivity index (χ1) is 10.6. The summed E-state index contributed by atoms with van der Waals surface area (Å²) in [6.45, 7) is 1.89. The lowest BCUT2D eigenvalue weighted by molar-refractivity contribution is -0.127. The quantitative estimate of drug-likeness (QED) is 0.762. The van der Waals surface area contributed by atoms with E-state index in [4.69, 9.17) is 5.11 Å². The number of aromatic amines is 1. The number of rotatable bonds is 4. The number of benzene rings is 1. The minimum Gasteiger partial charge on any atom is -0.394 e. The molecular weight excluding hydrogens is 284 g/mol. The highest BCUT2D eigenvalue weighted by atomic mass is 16.3. The smallest absolute Gasteiger partial charge is 0.229 e. The molecule has 1 aromatic heterocycles. The number of hydrogen-bond donors (Lipinski definition) is 3. The molecule has 22 heavy (non-hydrogen) atoms. The monoisotopic (exact) mass is 302 g/mol. The van der Waals surface area contributed by atoms with E-state index in [1.807, 2.05) is 24.3 Å². The number of carbonyl (C=O) groups excluding carboxylic acids is 2. The molecule has 0 aliphatic carbocycles. The highest BCUT2D eigenvalue weighted by Crippen LogP contribution is 2.29. The van der Waals surface area contributed by atoms with E-state index in [1.54, 1.807) is 11.8 Å². The number of fused-ring (bicyclic) bond motifs is 1. The van der Waals surface area contributed by atoms with E-state index in [0.29, 0.717) is 12.4 Å². The second kappa shape index (κ2) is 5.76. The molecule has 7 heteroatoms. The Bertz CT molecular complexity index is 712. The van der Waals surface area contributed by atoms with Gasteiger partial charge >= 0.3 is 0 Å². The Hall–Kier alpha value is -2.41. The lowest BCUT2D eigenvalue weighted by Gasteiger charge is -2.16. The maximum absolute atomic E-state index is 12.2. The zero-order valence-corrected chi connectivity index (χ0v) is 12.2. The van der Waals surface area contributed by atoms with Gasteiger partial charge in [0.15, 0.2) is 5.82 Å². The predicted octanol–water partition coefficient (Wildman–Crippen LogP) is 0.413. The lowest BCUT2D eigenvalue weighted by Crippen LogP contribution is -2.40. The second-order valence-corrected chi connectivity index (χ2v) is 5.59. The molecule has 0 radical (unpaired) electrons. The third kappa shape index (κ3) is 2.55. The summed E-state index contributed by atoms with van der Waals surface area (Å²) in [5.74, 6) is -0.186. The molecule has 2 atom stereocenters. The Morgan fingerprint density at radius 2 is 2.32 bits per heavy atom. The largest absolute Gasteiger partial charge is 0.394 e. The Morgan fingerprint density at radius 3 is 3.09 bits per heavy atom. The molecule has 2 aromatic rings. The average molecular weight is 302 g/mol. The van der Waals surface area contributed by atoms with Gasteiger partial charge in [-0.15, -0.1) is 0 Å². The van der Waals surface area contributed by atoms with E-state index >= 15 is 0 Å². The van der Waals surface area contributed by atoms with Crippen molar-refractivity contribution < 1.29 is 14.7 Å². The number of nitrogens with zero attached hydrogens (tertiary/aromatic N) is 2. The molecule has 1 saturated heterocycles. The summed E-state index contributed by atoms with van der Waals surface area (Å²) in [4.78, 5) is 25.9. The minimum absolute atomic E-state index is 0.117. The molecule has 1 aromatic carbocycles. The van der Waals surface area contributed by atoms with E-state index in [1.165, 1.54) is 0 Å². The number of anilines is 1. The number of H-pyrrole nitrogens is 1. The minimum atomic E-state index is -0.419. The number of aliphatic hydroxyl groups is 1. The topological polar surface area (TPSA) is 98.3 Å². The van der Waals surface area contributed by atoms with E-state index in [0.717, 1.165) is 10.9 Å². The third-order valence-corrected chi connectivity index (χ3v) is 3.86. The third-order valence-electron chi connectivity index (χ3n) is 3.86. The van der Waals surface area contributed by atoms with Gasteiger partial charge in [-0.3, -0.25) is 19.6 Å². The molecule has 0 unspecified atom stereocenters. The van der Waals surface area contributed by atoms with Gasteiger partial charge in [0, 0.05) is 24.4 Å².